The van der Waals surface area contributed by atoms with Crippen LogP contribution in [0.25, 0.3) is 0 Å². The van der Waals surface area contributed by atoms with Gasteiger partial charge in [0.25, 0.3) is 5.91 Å². The van der Waals surface area contributed by atoms with E-state index in [1.807, 2.05) is 0 Å². The van der Waals surface area contributed by atoms with E-state index in [1.165, 1.54) is 25.4 Å². The number of amides is 1. The molecular weight excluding hydrogens is 347 g/mol. The first-order valence-corrected chi connectivity index (χ1v) is 8.24. The van der Waals surface area contributed by atoms with Gasteiger partial charge in [0.2, 0.25) is 0 Å². The van der Waals surface area contributed by atoms with Gasteiger partial charge in [0.1, 0.15) is 17.3 Å². The van der Waals surface area contributed by atoms with E-state index in [9.17, 15) is 14.0 Å². The number of carbonyl (C=O) groups excluding carboxylic acids is 2. The highest BCUT2D eigenvalue weighted by Crippen LogP contribution is 2.13. The van der Waals surface area contributed by atoms with Gasteiger partial charge in [0, 0.05) is 23.4 Å². The maximum absolute atomic E-state index is 13.6. The number of anilines is 2. The van der Waals surface area contributed by atoms with E-state index in [1.54, 1.807) is 42.5 Å². The molecule has 0 atom stereocenters. The number of rotatable bonds is 6. The number of halogens is 1. The molecule has 1 heterocycles. The monoisotopic (exact) mass is 364 g/mol. The van der Waals surface area contributed by atoms with Crippen LogP contribution < -0.4 is 10.6 Å². The molecule has 2 N–H and O–H groups in total. The van der Waals surface area contributed by atoms with E-state index in [2.05, 4.69) is 20.6 Å². The zero-order valence-electron chi connectivity index (χ0n) is 14.6. The average molecular weight is 364 g/mol. The number of carbonyl (C=O) groups is 2. The molecule has 0 spiro atoms. The summed E-state index contributed by atoms with van der Waals surface area (Å²) in [5.41, 5.74) is 1.63. The number of benzene rings is 2. The van der Waals surface area contributed by atoms with E-state index in [0.29, 0.717) is 22.6 Å². The van der Waals surface area contributed by atoms with Gasteiger partial charge in [-0.3, -0.25) is 9.59 Å². The number of nitrogens with zero attached hydrogens (tertiary/aromatic N) is 2. The van der Waals surface area contributed by atoms with Crippen molar-refractivity contribution in [2.45, 2.75) is 13.5 Å². The van der Waals surface area contributed by atoms with Crippen molar-refractivity contribution in [3.8, 4) is 0 Å². The lowest BCUT2D eigenvalue weighted by Gasteiger charge is -2.08. The van der Waals surface area contributed by atoms with E-state index in [-0.39, 0.29) is 23.8 Å². The van der Waals surface area contributed by atoms with Crippen LogP contribution in [-0.2, 0) is 6.54 Å². The van der Waals surface area contributed by atoms with E-state index in [4.69, 9.17) is 0 Å². The summed E-state index contributed by atoms with van der Waals surface area (Å²) < 4.78 is 13.6. The predicted molar refractivity (Wildman–Crippen MR) is 100 cm³/mol. The molecule has 0 saturated carbocycles. The Kier molecular flexibility index (Phi) is 5.51. The van der Waals surface area contributed by atoms with Crippen molar-refractivity contribution in [1.82, 2.24) is 9.97 Å². The molecule has 6 nitrogen and oxygen atoms in total. The van der Waals surface area contributed by atoms with Crippen LogP contribution in [0.2, 0.25) is 0 Å². The van der Waals surface area contributed by atoms with Crippen molar-refractivity contribution in [3.63, 3.8) is 0 Å². The lowest BCUT2D eigenvalue weighted by molar-refractivity contribution is 0.100. The Morgan fingerprint density at radius 3 is 2.56 bits per heavy atom. The molecule has 1 amide bonds. The van der Waals surface area contributed by atoms with Gasteiger partial charge in [-0.2, -0.15) is 0 Å². The van der Waals surface area contributed by atoms with E-state index >= 15 is 0 Å². The van der Waals surface area contributed by atoms with E-state index < -0.39 is 5.91 Å². The number of nitrogens with one attached hydrogen (secondary N) is 2. The van der Waals surface area contributed by atoms with Crippen molar-refractivity contribution in [3.05, 3.63) is 83.6 Å². The third-order valence-corrected chi connectivity index (χ3v) is 3.83. The second-order valence-corrected chi connectivity index (χ2v) is 5.82. The van der Waals surface area contributed by atoms with Crippen molar-refractivity contribution in [1.29, 1.82) is 0 Å². The van der Waals surface area contributed by atoms with Gasteiger partial charge in [0.05, 0.1) is 12.4 Å². The minimum absolute atomic E-state index is 0.0869. The summed E-state index contributed by atoms with van der Waals surface area (Å²) in [6.45, 7) is 1.71. The van der Waals surface area contributed by atoms with Gasteiger partial charge in [-0.05, 0) is 25.1 Å². The Hall–Kier alpha value is -3.61. The average Bonchev–Trinajstić information content (AvgIpc) is 2.68. The Morgan fingerprint density at radius 2 is 1.85 bits per heavy atom. The molecule has 0 unspecified atom stereocenters. The number of Topliss-reactive ketones (excluding diaryl/α,β-unsaturated/α-hetero) is 1. The lowest BCUT2D eigenvalue weighted by Crippen LogP contribution is -2.15. The van der Waals surface area contributed by atoms with Gasteiger partial charge in [0.15, 0.2) is 5.78 Å². The molecule has 2 aromatic carbocycles. The Morgan fingerprint density at radius 1 is 1.04 bits per heavy atom. The first-order valence-electron chi connectivity index (χ1n) is 8.24. The quantitative estimate of drug-likeness (QED) is 0.652. The van der Waals surface area contributed by atoms with Crippen LogP contribution in [0.3, 0.4) is 0 Å². The highest BCUT2D eigenvalue weighted by Gasteiger charge is 2.10. The van der Waals surface area contributed by atoms with Crippen molar-refractivity contribution in [2.75, 3.05) is 10.6 Å². The number of aromatic nitrogens is 2. The van der Waals surface area contributed by atoms with Crippen molar-refractivity contribution < 1.29 is 14.0 Å². The molecule has 0 bridgehead atoms. The Labute approximate surface area is 155 Å². The molecule has 0 aliphatic heterocycles. The summed E-state index contributed by atoms with van der Waals surface area (Å²) in [6.07, 6.45) is 2.73. The minimum Gasteiger partial charge on any atom is -0.365 e. The highest BCUT2D eigenvalue weighted by molar-refractivity contribution is 6.03. The summed E-state index contributed by atoms with van der Waals surface area (Å²) in [4.78, 5) is 31.9. The second kappa shape index (κ2) is 8.18. The second-order valence-electron chi connectivity index (χ2n) is 5.82. The molecule has 1 aromatic heterocycles. The minimum atomic E-state index is -0.441. The molecule has 7 heteroatoms. The third kappa shape index (κ3) is 4.72. The zero-order chi connectivity index (χ0) is 19.2. The summed E-state index contributed by atoms with van der Waals surface area (Å²) in [5, 5.41) is 5.63. The van der Waals surface area contributed by atoms with Crippen LogP contribution in [0.5, 0.6) is 0 Å². The number of ketones is 1. The van der Waals surface area contributed by atoms with Crippen LogP contribution >= 0.6 is 0 Å². The van der Waals surface area contributed by atoms with Crippen LogP contribution in [-0.4, -0.2) is 21.7 Å². The molecule has 3 rings (SSSR count). The van der Waals surface area contributed by atoms with Crippen molar-refractivity contribution in [2.24, 2.45) is 0 Å². The van der Waals surface area contributed by atoms with Crippen LogP contribution in [0.15, 0.2) is 60.9 Å². The lowest BCUT2D eigenvalue weighted by atomic mass is 10.1. The Bertz CT molecular complexity index is 974. The SMILES string of the molecule is CC(=O)c1cccc(NC(=O)c2cnc(NCc3ccccc3F)cn2)c1. The molecule has 27 heavy (non-hydrogen) atoms. The molecule has 136 valence electrons. The number of hydrogen-bond donors (Lipinski definition) is 2. The zero-order valence-corrected chi connectivity index (χ0v) is 14.6. The molecule has 0 aliphatic carbocycles. The van der Waals surface area contributed by atoms with E-state index in [0.717, 1.165) is 0 Å². The van der Waals surface area contributed by atoms with Crippen LogP contribution in [0.4, 0.5) is 15.9 Å². The maximum Gasteiger partial charge on any atom is 0.275 e. The van der Waals surface area contributed by atoms with Gasteiger partial charge < -0.3 is 10.6 Å². The largest absolute Gasteiger partial charge is 0.365 e. The standard InChI is InChI=1S/C20H17FN4O2/c1-13(26)14-6-4-7-16(9-14)25-20(27)18-11-24-19(12-22-18)23-10-15-5-2-3-8-17(15)21/h2-9,11-12H,10H2,1H3,(H,23,24)(H,25,27). The smallest absolute Gasteiger partial charge is 0.275 e. The van der Waals surface area contributed by atoms with Gasteiger partial charge >= 0.3 is 0 Å². The fourth-order valence-corrected chi connectivity index (χ4v) is 2.38. The molecule has 0 radical (unpaired) electrons. The molecule has 0 saturated heterocycles. The predicted octanol–water partition coefficient (Wildman–Crippen LogP) is 3.68. The maximum atomic E-state index is 13.6. The molecule has 0 aliphatic rings. The summed E-state index contributed by atoms with van der Waals surface area (Å²) in [6, 6.07) is 13.1. The first kappa shape index (κ1) is 18.2. The summed E-state index contributed by atoms with van der Waals surface area (Å²) in [5.74, 6) is -0.407. The summed E-state index contributed by atoms with van der Waals surface area (Å²) in [7, 11) is 0. The topological polar surface area (TPSA) is 84.0 Å². The van der Waals surface area contributed by atoms with Crippen LogP contribution in [0.1, 0.15) is 33.3 Å². The third-order valence-electron chi connectivity index (χ3n) is 3.83. The fraction of sp³-hybridized carbons (Fsp3) is 0.100. The molecule has 0 fully saturated rings. The van der Waals surface area contributed by atoms with Gasteiger partial charge in [-0.15, -0.1) is 0 Å². The fourth-order valence-electron chi connectivity index (χ4n) is 2.38. The molecular formula is C20H17FN4O2. The number of hydrogen-bond acceptors (Lipinski definition) is 5. The van der Waals surface area contributed by atoms with Crippen LogP contribution in [0, 0.1) is 5.82 Å². The first-order chi connectivity index (χ1) is 13.0. The summed E-state index contributed by atoms with van der Waals surface area (Å²) >= 11 is 0. The highest BCUT2D eigenvalue weighted by atomic mass is 19.1. The molecule has 3 aromatic rings. The normalized spacial score (nSPS) is 10.3. The van der Waals surface area contributed by atoms with Gasteiger partial charge in [-0.1, -0.05) is 30.3 Å². The van der Waals surface area contributed by atoms with Crippen molar-refractivity contribution >= 4 is 23.2 Å². The Balaban J connectivity index is 1.63. The van der Waals surface area contributed by atoms with Gasteiger partial charge in [-0.25, -0.2) is 14.4 Å².